The molecule has 19 heavy (non-hydrogen) atoms. The number of aromatic nitrogens is 1. The Labute approximate surface area is 119 Å². The maximum absolute atomic E-state index is 5.86. The highest BCUT2D eigenvalue weighted by Gasteiger charge is 2.08. The van der Waals surface area contributed by atoms with Gasteiger partial charge < -0.3 is 4.74 Å². The Balaban J connectivity index is 2.18. The molecule has 0 unspecified atom stereocenters. The van der Waals surface area contributed by atoms with Gasteiger partial charge in [0.2, 0.25) is 0 Å². The van der Waals surface area contributed by atoms with Crippen LogP contribution in [0.1, 0.15) is 5.56 Å². The van der Waals surface area contributed by atoms with E-state index >= 15 is 0 Å². The molecular weight excluding hydrogens is 260 g/mol. The van der Waals surface area contributed by atoms with Crippen molar-refractivity contribution in [1.29, 1.82) is 0 Å². The third kappa shape index (κ3) is 3.90. The van der Waals surface area contributed by atoms with Crippen LogP contribution in [0.5, 0.6) is 0 Å². The molecule has 2 rings (SSSR count). The van der Waals surface area contributed by atoms with E-state index in [2.05, 4.69) is 28.1 Å². The van der Waals surface area contributed by atoms with Gasteiger partial charge >= 0.3 is 0 Å². The lowest BCUT2D eigenvalue weighted by Gasteiger charge is -2.21. The van der Waals surface area contributed by atoms with Crippen LogP contribution in [0.15, 0.2) is 36.5 Å². The fourth-order valence-electron chi connectivity index (χ4n) is 2.14. The van der Waals surface area contributed by atoms with Gasteiger partial charge in [-0.2, -0.15) is 0 Å². The molecule has 2 aromatic rings. The average molecular weight is 279 g/mol. The number of pyridine rings is 1. The fourth-order valence-corrected chi connectivity index (χ4v) is 2.38. The van der Waals surface area contributed by atoms with E-state index < -0.39 is 0 Å². The second-order valence-corrected chi connectivity index (χ2v) is 4.82. The van der Waals surface area contributed by atoms with Crippen molar-refractivity contribution in [2.45, 2.75) is 6.54 Å². The van der Waals surface area contributed by atoms with E-state index in [1.165, 1.54) is 10.9 Å². The van der Waals surface area contributed by atoms with Crippen LogP contribution in [0.2, 0.25) is 0 Å². The summed E-state index contributed by atoms with van der Waals surface area (Å²) in [6.45, 7) is 3.35. The molecule has 1 heterocycles. The number of halogens is 1. The molecule has 0 saturated heterocycles. The van der Waals surface area contributed by atoms with Gasteiger partial charge in [0.1, 0.15) is 0 Å². The van der Waals surface area contributed by atoms with E-state index in [0.29, 0.717) is 5.88 Å². The molecule has 0 bridgehead atoms. The van der Waals surface area contributed by atoms with Crippen molar-refractivity contribution < 1.29 is 4.74 Å². The molecule has 0 atom stereocenters. The summed E-state index contributed by atoms with van der Waals surface area (Å²) in [6.07, 6.45) is 1.87. The number of alkyl halides is 1. The predicted molar refractivity (Wildman–Crippen MR) is 79.6 cm³/mol. The van der Waals surface area contributed by atoms with Crippen LogP contribution < -0.4 is 0 Å². The van der Waals surface area contributed by atoms with Gasteiger partial charge in [-0.25, -0.2) is 0 Å². The summed E-state index contributed by atoms with van der Waals surface area (Å²) in [5, 5.41) is 1.21. The van der Waals surface area contributed by atoms with E-state index in [4.69, 9.17) is 16.3 Å². The first-order valence-electron chi connectivity index (χ1n) is 6.45. The minimum atomic E-state index is 0.632. The zero-order valence-electron chi connectivity index (χ0n) is 11.2. The average Bonchev–Trinajstić information content (AvgIpc) is 2.45. The number of hydrogen-bond acceptors (Lipinski definition) is 3. The molecule has 0 amide bonds. The van der Waals surface area contributed by atoms with Gasteiger partial charge in [0, 0.05) is 44.2 Å². The van der Waals surface area contributed by atoms with Crippen molar-refractivity contribution in [3.8, 4) is 0 Å². The monoisotopic (exact) mass is 278 g/mol. The largest absolute Gasteiger partial charge is 0.383 e. The lowest BCUT2D eigenvalue weighted by atomic mass is 10.1. The van der Waals surface area contributed by atoms with Crippen LogP contribution in [0.4, 0.5) is 0 Å². The second-order valence-electron chi connectivity index (χ2n) is 4.45. The highest BCUT2D eigenvalue weighted by atomic mass is 35.5. The summed E-state index contributed by atoms with van der Waals surface area (Å²) in [4.78, 5) is 6.69. The van der Waals surface area contributed by atoms with Gasteiger partial charge in [-0.05, 0) is 17.7 Å². The smallest absolute Gasteiger partial charge is 0.0705 e. The fraction of sp³-hybridized carbons (Fsp3) is 0.400. The number of nitrogens with zero attached hydrogens (tertiary/aromatic N) is 2. The Hall–Kier alpha value is -1.16. The normalized spacial score (nSPS) is 11.3. The third-order valence-electron chi connectivity index (χ3n) is 3.15. The molecule has 0 spiro atoms. The Morgan fingerprint density at radius 1 is 1.21 bits per heavy atom. The standard InChI is InChI=1S/C15H19ClN2O/c1-19-11-10-18(9-7-16)12-13-6-8-17-15-5-3-2-4-14(13)15/h2-6,8H,7,9-12H2,1H3. The van der Waals surface area contributed by atoms with Crippen molar-refractivity contribution in [2.75, 3.05) is 32.7 Å². The summed E-state index contributed by atoms with van der Waals surface area (Å²) in [5.41, 5.74) is 2.32. The summed E-state index contributed by atoms with van der Waals surface area (Å²) in [6, 6.07) is 10.3. The van der Waals surface area contributed by atoms with Crippen LogP contribution in [0, 0.1) is 0 Å². The van der Waals surface area contributed by atoms with Crippen LogP contribution >= 0.6 is 11.6 Å². The lowest BCUT2D eigenvalue weighted by Crippen LogP contribution is -2.29. The molecule has 0 saturated carbocycles. The highest BCUT2D eigenvalue weighted by Crippen LogP contribution is 2.17. The molecule has 0 N–H and O–H groups in total. The molecule has 0 radical (unpaired) electrons. The molecule has 0 aliphatic heterocycles. The summed E-state index contributed by atoms with van der Waals surface area (Å²) in [5.74, 6) is 0.632. The quantitative estimate of drug-likeness (QED) is 0.728. The molecule has 0 aliphatic carbocycles. The summed E-state index contributed by atoms with van der Waals surface area (Å²) >= 11 is 5.86. The maximum atomic E-state index is 5.86. The van der Waals surface area contributed by atoms with E-state index in [-0.39, 0.29) is 0 Å². The Bertz CT molecular complexity index is 513. The predicted octanol–water partition coefficient (Wildman–Crippen LogP) is 2.92. The number of hydrogen-bond donors (Lipinski definition) is 0. The van der Waals surface area contributed by atoms with Crippen molar-refractivity contribution >= 4 is 22.5 Å². The molecule has 4 heteroatoms. The van der Waals surface area contributed by atoms with Crippen LogP contribution in [0.3, 0.4) is 0 Å². The van der Waals surface area contributed by atoms with Crippen molar-refractivity contribution in [3.63, 3.8) is 0 Å². The van der Waals surface area contributed by atoms with Crippen molar-refractivity contribution in [3.05, 3.63) is 42.1 Å². The Morgan fingerprint density at radius 3 is 2.84 bits per heavy atom. The topological polar surface area (TPSA) is 25.4 Å². The minimum absolute atomic E-state index is 0.632. The third-order valence-corrected chi connectivity index (χ3v) is 3.31. The Kier molecular flexibility index (Phi) is 5.58. The number of methoxy groups -OCH3 is 1. The van der Waals surface area contributed by atoms with Gasteiger partial charge in [0.15, 0.2) is 0 Å². The van der Waals surface area contributed by atoms with E-state index in [1.54, 1.807) is 7.11 Å². The molecule has 1 aromatic carbocycles. The number of benzene rings is 1. The summed E-state index contributed by atoms with van der Waals surface area (Å²) < 4.78 is 5.15. The number of ether oxygens (including phenoxy) is 1. The maximum Gasteiger partial charge on any atom is 0.0705 e. The van der Waals surface area contributed by atoms with E-state index in [1.807, 2.05) is 18.3 Å². The van der Waals surface area contributed by atoms with Crippen LogP contribution in [-0.2, 0) is 11.3 Å². The van der Waals surface area contributed by atoms with Gasteiger partial charge in [0.25, 0.3) is 0 Å². The molecule has 0 fully saturated rings. The number of rotatable bonds is 7. The zero-order valence-corrected chi connectivity index (χ0v) is 11.9. The van der Waals surface area contributed by atoms with E-state index in [0.717, 1.165) is 31.8 Å². The minimum Gasteiger partial charge on any atom is -0.383 e. The number of fused-ring (bicyclic) bond motifs is 1. The van der Waals surface area contributed by atoms with Crippen molar-refractivity contribution in [1.82, 2.24) is 9.88 Å². The van der Waals surface area contributed by atoms with Crippen LogP contribution in [0.25, 0.3) is 10.9 Å². The van der Waals surface area contributed by atoms with Crippen molar-refractivity contribution in [2.24, 2.45) is 0 Å². The first kappa shape index (κ1) is 14.3. The summed E-state index contributed by atoms with van der Waals surface area (Å²) in [7, 11) is 1.72. The number of para-hydroxylation sites is 1. The first-order chi connectivity index (χ1) is 9.35. The molecule has 1 aromatic heterocycles. The van der Waals surface area contributed by atoms with E-state index in [9.17, 15) is 0 Å². The Morgan fingerprint density at radius 2 is 2.05 bits per heavy atom. The first-order valence-corrected chi connectivity index (χ1v) is 6.98. The van der Waals surface area contributed by atoms with Gasteiger partial charge in [-0.1, -0.05) is 18.2 Å². The molecule has 3 nitrogen and oxygen atoms in total. The van der Waals surface area contributed by atoms with Gasteiger partial charge in [-0.3, -0.25) is 9.88 Å². The molecular formula is C15H19ClN2O. The van der Waals surface area contributed by atoms with Gasteiger partial charge in [0.05, 0.1) is 12.1 Å². The molecule has 0 aliphatic rings. The highest BCUT2D eigenvalue weighted by molar-refractivity contribution is 6.18. The van der Waals surface area contributed by atoms with Gasteiger partial charge in [-0.15, -0.1) is 11.6 Å². The second kappa shape index (κ2) is 7.43. The van der Waals surface area contributed by atoms with Crippen LogP contribution in [-0.4, -0.2) is 42.6 Å². The SMILES string of the molecule is COCCN(CCCl)Cc1ccnc2ccccc12. The lowest BCUT2D eigenvalue weighted by molar-refractivity contribution is 0.148. The zero-order chi connectivity index (χ0) is 13.5. The molecule has 102 valence electrons.